The van der Waals surface area contributed by atoms with E-state index in [1.165, 1.54) is 7.11 Å². The molecule has 0 aromatic rings. The van der Waals surface area contributed by atoms with Gasteiger partial charge in [0.25, 0.3) is 0 Å². The molecule has 5 heteroatoms. The summed E-state index contributed by atoms with van der Waals surface area (Å²) >= 11 is 1.81. The third kappa shape index (κ3) is 6.29. The number of ether oxygens (including phenoxy) is 2. The number of methoxy groups -OCH3 is 2. The zero-order valence-electron chi connectivity index (χ0n) is 11.5. The third-order valence-corrected chi connectivity index (χ3v) is 3.73. The van der Waals surface area contributed by atoms with Crippen molar-refractivity contribution in [1.29, 1.82) is 0 Å². The van der Waals surface area contributed by atoms with Gasteiger partial charge in [-0.05, 0) is 19.9 Å². The molecule has 0 saturated carbocycles. The number of hydrogen-bond donors (Lipinski definition) is 1. The lowest BCUT2D eigenvalue weighted by molar-refractivity contribution is -0.148. The van der Waals surface area contributed by atoms with Gasteiger partial charge in [0.05, 0.1) is 13.7 Å². The molecule has 0 aliphatic carbocycles. The van der Waals surface area contributed by atoms with Crippen LogP contribution in [0, 0.1) is 0 Å². The van der Waals surface area contributed by atoms with Gasteiger partial charge in [0.1, 0.15) is 5.54 Å². The van der Waals surface area contributed by atoms with Gasteiger partial charge in [0.2, 0.25) is 0 Å². The van der Waals surface area contributed by atoms with E-state index in [9.17, 15) is 4.79 Å². The maximum atomic E-state index is 11.8. The molecule has 0 aromatic carbocycles. The van der Waals surface area contributed by atoms with Crippen LogP contribution >= 0.6 is 11.8 Å². The number of rotatable bonds is 9. The van der Waals surface area contributed by atoms with Crippen molar-refractivity contribution in [3.05, 3.63) is 0 Å². The summed E-state index contributed by atoms with van der Waals surface area (Å²) in [5, 5.41) is 3.59. The van der Waals surface area contributed by atoms with E-state index < -0.39 is 5.54 Å². The van der Waals surface area contributed by atoms with Gasteiger partial charge in [-0.15, -0.1) is 0 Å². The average molecular weight is 263 g/mol. The lowest BCUT2D eigenvalue weighted by Gasteiger charge is -2.30. The molecule has 2 unspecified atom stereocenters. The standard InChI is InChI=1S/C12H25NO3S/c1-6-13-12(3,11(14)16-5)9-10(2)17-8-7-15-4/h10,13H,6-9H2,1-5H3. The Morgan fingerprint density at radius 3 is 2.59 bits per heavy atom. The fourth-order valence-electron chi connectivity index (χ4n) is 1.81. The topological polar surface area (TPSA) is 47.6 Å². The maximum Gasteiger partial charge on any atom is 0.325 e. The van der Waals surface area contributed by atoms with E-state index in [1.807, 2.05) is 25.6 Å². The van der Waals surface area contributed by atoms with Crippen molar-refractivity contribution < 1.29 is 14.3 Å². The summed E-state index contributed by atoms with van der Waals surface area (Å²) < 4.78 is 9.87. The summed E-state index contributed by atoms with van der Waals surface area (Å²) in [6, 6.07) is 0. The molecule has 0 saturated heterocycles. The highest BCUT2D eigenvalue weighted by molar-refractivity contribution is 7.99. The molecule has 0 aliphatic rings. The van der Waals surface area contributed by atoms with Gasteiger partial charge in [-0.1, -0.05) is 13.8 Å². The monoisotopic (exact) mass is 263 g/mol. The maximum absolute atomic E-state index is 11.8. The van der Waals surface area contributed by atoms with Gasteiger partial charge in [0, 0.05) is 18.1 Å². The molecular weight excluding hydrogens is 238 g/mol. The Kier molecular flexibility index (Phi) is 8.64. The molecule has 0 fully saturated rings. The lowest BCUT2D eigenvalue weighted by atomic mass is 9.96. The van der Waals surface area contributed by atoms with Crippen LogP contribution in [0.4, 0.5) is 0 Å². The fourth-order valence-corrected chi connectivity index (χ4v) is 2.93. The van der Waals surface area contributed by atoms with Crippen LogP contribution in [0.3, 0.4) is 0 Å². The zero-order valence-corrected chi connectivity index (χ0v) is 12.4. The smallest absolute Gasteiger partial charge is 0.325 e. The highest BCUT2D eigenvalue weighted by atomic mass is 32.2. The highest BCUT2D eigenvalue weighted by Gasteiger charge is 2.34. The second-order valence-electron chi connectivity index (χ2n) is 4.23. The predicted octanol–water partition coefficient (Wildman–Crippen LogP) is 1.69. The summed E-state index contributed by atoms with van der Waals surface area (Å²) in [5.41, 5.74) is -0.594. The van der Waals surface area contributed by atoms with E-state index in [4.69, 9.17) is 9.47 Å². The number of thioether (sulfide) groups is 1. The predicted molar refractivity (Wildman–Crippen MR) is 72.5 cm³/mol. The van der Waals surface area contributed by atoms with Crippen LogP contribution in [0.25, 0.3) is 0 Å². The molecule has 102 valence electrons. The van der Waals surface area contributed by atoms with Crippen molar-refractivity contribution in [3.8, 4) is 0 Å². The summed E-state index contributed by atoms with van der Waals surface area (Å²) in [7, 11) is 3.13. The van der Waals surface area contributed by atoms with Crippen molar-refractivity contribution in [2.45, 2.75) is 38.0 Å². The minimum absolute atomic E-state index is 0.196. The molecule has 4 nitrogen and oxygen atoms in total. The van der Waals surface area contributed by atoms with Crippen LogP contribution in [0.5, 0.6) is 0 Å². The molecule has 0 spiro atoms. The Morgan fingerprint density at radius 2 is 2.12 bits per heavy atom. The summed E-state index contributed by atoms with van der Waals surface area (Å²) in [6.45, 7) is 7.50. The number of hydrogen-bond acceptors (Lipinski definition) is 5. The average Bonchev–Trinajstić information content (AvgIpc) is 2.28. The van der Waals surface area contributed by atoms with Crippen LogP contribution < -0.4 is 5.32 Å². The van der Waals surface area contributed by atoms with Crippen LogP contribution in [0.15, 0.2) is 0 Å². The van der Waals surface area contributed by atoms with Gasteiger partial charge < -0.3 is 14.8 Å². The number of likely N-dealkylation sites (N-methyl/N-ethyl adjacent to an activating group) is 1. The number of esters is 1. The van der Waals surface area contributed by atoms with Gasteiger partial charge in [-0.2, -0.15) is 11.8 Å². The molecule has 0 bridgehead atoms. The minimum atomic E-state index is -0.594. The Hall–Kier alpha value is -0.260. The van der Waals surface area contributed by atoms with Gasteiger partial charge in [-0.3, -0.25) is 4.79 Å². The Bertz CT molecular complexity index is 226. The third-order valence-electron chi connectivity index (χ3n) is 2.59. The molecule has 0 aromatic heterocycles. The van der Waals surface area contributed by atoms with E-state index in [2.05, 4.69) is 12.2 Å². The van der Waals surface area contributed by atoms with Crippen LogP contribution in [-0.4, -0.2) is 49.9 Å². The second kappa shape index (κ2) is 8.78. The zero-order chi connectivity index (χ0) is 13.3. The van der Waals surface area contributed by atoms with E-state index in [-0.39, 0.29) is 5.97 Å². The first-order valence-corrected chi connectivity index (χ1v) is 6.99. The minimum Gasteiger partial charge on any atom is -0.468 e. The molecule has 0 amide bonds. The van der Waals surface area contributed by atoms with Crippen molar-refractivity contribution in [2.24, 2.45) is 0 Å². The SMILES string of the molecule is CCNC(C)(CC(C)SCCOC)C(=O)OC. The van der Waals surface area contributed by atoms with Crippen molar-refractivity contribution in [3.63, 3.8) is 0 Å². The molecule has 0 radical (unpaired) electrons. The molecular formula is C12H25NO3S. The van der Waals surface area contributed by atoms with Crippen LogP contribution in [0.1, 0.15) is 27.2 Å². The lowest BCUT2D eigenvalue weighted by Crippen LogP contribution is -2.51. The number of nitrogens with one attached hydrogen (secondary N) is 1. The molecule has 1 N–H and O–H groups in total. The van der Waals surface area contributed by atoms with Crippen molar-refractivity contribution in [1.82, 2.24) is 5.32 Å². The van der Waals surface area contributed by atoms with Crippen LogP contribution in [-0.2, 0) is 14.3 Å². The van der Waals surface area contributed by atoms with E-state index in [1.54, 1.807) is 7.11 Å². The second-order valence-corrected chi connectivity index (χ2v) is 5.78. The fraction of sp³-hybridized carbons (Fsp3) is 0.917. The van der Waals surface area contributed by atoms with E-state index in [0.29, 0.717) is 5.25 Å². The molecule has 2 atom stereocenters. The highest BCUT2D eigenvalue weighted by Crippen LogP contribution is 2.22. The number of carbonyl (C=O) groups excluding carboxylic acids is 1. The first-order chi connectivity index (χ1) is 8.00. The summed E-state index contributed by atoms with van der Waals surface area (Å²) in [6.07, 6.45) is 0.752. The Labute approximate surface area is 109 Å². The quantitative estimate of drug-likeness (QED) is 0.507. The van der Waals surface area contributed by atoms with E-state index in [0.717, 1.165) is 25.3 Å². The Morgan fingerprint density at radius 1 is 1.47 bits per heavy atom. The van der Waals surface area contributed by atoms with Gasteiger partial charge in [0.15, 0.2) is 0 Å². The molecule has 17 heavy (non-hydrogen) atoms. The molecule has 0 rings (SSSR count). The number of carbonyl (C=O) groups is 1. The van der Waals surface area contributed by atoms with Gasteiger partial charge >= 0.3 is 5.97 Å². The van der Waals surface area contributed by atoms with Crippen molar-refractivity contribution >= 4 is 17.7 Å². The summed E-state index contributed by atoms with van der Waals surface area (Å²) in [4.78, 5) is 11.8. The largest absolute Gasteiger partial charge is 0.468 e. The molecule has 0 aliphatic heterocycles. The van der Waals surface area contributed by atoms with Crippen LogP contribution in [0.2, 0.25) is 0 Å². The summed E-state index contributed by atoms with van der Waals surface area (Å²) in [5.74, 6) is 0.750. The molecule has 0 heterocycles. The first-order valence-electron chi connectivity index (χ1n) is 5.94. The Balaban J connectivity index is 4.27. The van der Waals surface area contributed by atoms with Gasteiger partial charge in [-0.25, -0.2) is 0 Å². The van der Waals surface area contributed by atoms with E-state index >= 15 is 0 Å². The van der Waals surface area contributed by atoms with Crippen molar-refractivity contribution in [2.75, 3.05) is 33.1 Å². The first kappa shape index (κ1) is 16.7. The normalized spacial score (nSPS) is 16.3.